The van der Waals surface area contributed by atoms with Crippen LogP contribution in [0.25, 0.3) is 0 Å². The fraction of sp³-hybridized carbons (Fsp3) is 0.261. The van der Waals surface area contributed by atoms with Crippen LogP contribution >= 0.6 is 11.8 Å². The van der Waals surface area contributed by atoms with Crippen molar-refractivity contribution in [2.75, 3.05) is 32.4 Å². The van der Waals surface area contributed by atoms with Crippen LogP contribution in [-0.4, -0.2) is 56.7 Å². The molecule has 0 atom stereocenters. The average Bonchev–Trinajstić information content (AvgIpc) is 2.84. The topological polar surface area (TPSA) is 125 Å². The van der Waals surface area contributed by atoms with Crippen molar-refractivity contribution in [3.8, 4) is 0 Å². The number of carbonyl (C=O) groups is 5. The molecule has 0 aliphatic heterocycles. The minimum absolute atomic E-state index is 0.0248. The lowest BCUT2D eigenvalue weighted by molar-refractivity contribution is -0.147. The summed E-state index contributed by atoms with van der Waals surface area (Å²) in [7, 11) is 2.35. The maximum Gasteiger partial charge on any atom is 0.337 e. The van der Waals surface area contributed by atoms with Gasteiger partial charge in [-0.2, -0.15) is 0 Å². The van der Waals surface area contributed by atoms with E-state index in [0.717, 1.165) is 4.90 Å². The number of methoxy groups -OCH3 is 2. The highest BCUT2D eigenvalue weighted by atomic mass is 32.2. The zero-order chi connectivity index (χ0) is 24.4. The van der Waals surface area contributed by atoms with E-state index in [4.69, 9.17) is 4.74 Å². The van der Waals surface area contributed by atoms with E-state index in [1.54, 1.807) is 23.9 Å². The van der Waals surface area contributed by atoms with Crippen LogP contribution in [0.3, 0.4) is 0 Å². The van der Waals surface area contributed by atoms with Crippen LogP contribution in [0.5, 0.6) is 0 Å². The average molecular weight is 474 g/mol. The summed E-state index contributed by atoms with van der Waals surface area (Å²) in [6.45, 7) is -0.606. The Hall–Kier alpha value is -3.66. The highest BCUT2D eigenvalue weighted by molar-refractivity contribution is 7.98. The molecule has 0 bridgehead atoms. The van der Waals surface area contributed by atoms with Crippen LogP contribution < -0.4 is 5.32 Å². The molecule has 2 aromatic rings. The van der Waals surface area contributed by atoms with Crippen LogP contribution in [0.15, 0.2) is 47.4 Å². The zero-order valence-corrected chi connectivity index (χ0v) is 19.2. The minimum Gasteiger partial charge on any atom is -0.465 e. The van der Waals surface area contributed by atoms with Crippen molar-refractivity contribution in [1.82, 2.24) is 0 Å². The van der Waals surface area contributed by atoms with Gasteiger partial charge in [-0.25, -0.2) is 9.59 Å². The molecule has 174 valence electrons. The van der Waals surface area contributed by atoms with Crippen LogP contribution in [-0.2, 0) is 23.8 Å². The number of ketones is 1. The molecular formula is C23H23NO8S. The van der Waals surface area contributed by atoms with Crippen molar-refractivity contribution in [3.63, 3.8) is 0 Å². The maximum atomic E-state index is 12.2. The first kappa shape index (κ1) is 25.6. The molecule has 0 aliphatic rings. The van der Waals surface area contributed by atoms with Gasteiger partial charge in [-0.15, -0.1) is 11.8 Å². The van der Waals surface area contributed by atoms with E-state index in [1.165, 1.54) is 32.4 Å². The number of hydrogen-bond acceptors (Lipinski definition) is 9. The molecule has 2 rings (SSSR count). The van der Waals surface area contributed by atoms with E-state index in [1.807, 2.05) is 18.4 Å². The second-order valence-corrected chi connectivity index (χ2v) is 7.52. The molecule has 1 N–H and O–H groups in total. The van der Waals surface area contributed by atoms with Crippen LogP contribution in [0, 0.1) is 0 Å². The molecule has 0 heterocycles. The highest BCUT2D eigenvalue weighted by Crippen LogP contribution is 2.18. The van der Waals surface area contributed by atoms with Crippen molar-refractivity contribution in [3.05, 3.63) is 59.2 Å². The second kappa shape index (κ2) is 12.4. The Balaban J connectivity index is 1.89. The molecule has 0 fully saturated rings. The van der Waals surface area contributed by atoms with Gasteiger partial charge in [-0.1, -0.05) is 12.1 Å². The van der Waals surface area contributed by atoms with Gasteiger partial charge in [0.25, 0.3) is 5.91 Å². The van der Waals surface area contributed by atoms with Crippen molar-refractivity contribution >= 4 is 47.0 Å². The first-order valence-electron chi connectivity index (χ1n) is 9.71. The first-order valence-corrected chi connectivity index (χ1v) is 10.9. The molecule has 0 aliphatic carbocycles. The van der Waals surface area contributed by atoms with Gasteiger partial charge in [0.05, 0.1) is 31.8 Å². The van der Waals surface area contributed by atoms with Gasteiger partial charge in [0.1, 0.15) is 0 Å². The summed E-state index contributed by atoms with van der Waals surface area (Å²) >= 11 is 1.55. The lowest BCUT2D eigenvalue weighted by Crippen LogP contribution is -2.21. The van der Waals surface area contributed by atoms with E-state index < -0.39 is 30.4 Å². The van der Waals surface area contributed by atoms with E-state index in [9.17, 15) is 24.0 Å². The second-order valence-electron chi connectivity index (χ2n) is 6.64. The number of thioether (sulfide) groups is 1. The Labute approximate surface area is 194 Å². The number of hydrogen-bond donors (Lipinski definition) is 1. The van der Waals surface area contributed by atoms with Gasteiger partial charge in [0, 0.05) is 22.6 Å². The largest absolute Gasteiger partial charge is 0.465 e. The number of carbonyl (C=O) groups excluding carboxylic acids is 5. The summed E-state index contributed by atoms with van der Waals surface area (Å²) < 4.78 is 14.2. The summed E-state index contributed by atoms with van der Waals surface area (Å²) in [5.41, 5.74) is 0.655. The van der Waals surface area contributed by atoms with Crippen molar-refractivity contribution < 1.29 is 38.2 Å². The quantitative estimate of drug-likeness (QED) is 0.240. The first-order chi connectivity index (χ1) is 15.8. The van der Waals surface area contributed by atoms with E-state index >= 15 is 0 Å². The van der Waals surface area contributed by atoms with Crippen LogP contribution in [0.4, 0.5) is 5.69 Å². The fourth-order valence-corrected chi connectivity index (χ4v) is 3.13. The number of esters is 3. The van der Waals surface area contributed by atoms with Crippen LogP contribution in [0.2, 0.25) is 0 Å². The molecule has 1 amide bonds. The van der Waals surface area contributed by atoms with Gasteiger partial charge in [0.15, 0.2) is 12.4 Å². The Morgan fingerprint density at radius 2 is 1.39 bits per heavy atom. The summed E-state index contributed by atoms with van der Waals surface area (Å²) in [4.78, 5) is 60.9. The van der Waals surface area contributed by atoms with Gasteiger partial charge in [-0.3, -0.25) is 14.4 Å². The maximum absolute atomic E-state index is 12.2. The normalized spacial score (nSPS) is 10.2. The summed E-state index contributed by atoms with van der Waals surface area (Å²) in [5.74, 6) is -3.04. The molecule has 0 saturated heterocycles. The number of nitrogens with one attached hydrogen (secondary N) is 1. The number of ether oxygens (including phenoxy) is 3. The van der Waals surface area contributed by atoms with Gasteiger partial charge in [0.2, 0.25) is 0 Å². The minimum atomic E-state index is -0.713. The number of anilines is 1. The fourth-order valence-electron chi connectivity index (χ4n) is 2.72. The molecule has 0 spiro atoms. The Bertz CT molecular complexity index is 1010. The Morgan fingerprint density at radius 3 is 1.91 bits per heavy atom. The number of benzene rings is 2. The van der Waals surface area contributed by atoms with E-state index in [2.05, 4.69) is 14.8 Å². The highest BCUT2D eigenvalue weighted by Gasteiger charge is 2.16. The lowest BCUT2D eigenvalue weighted by Gasteiger charge is -2.10. The van der Waals surface area contributed by atoms with E-state index in [-0.39, 0.29) is 35.4 Å². The smallest absolute Gasteiger partial charge is 0.337 e. The monoisotopic (exact) mass is 473 g/mol. The Morgan fingerprint density at radius 1 is 0.818 bits per heavy atom. The Kier molecular flexibility index (Phi) is 9.62. The van der Waals surface area contributed by atoms with Crippen molar-refractivity contribution in [2.45, 2.75) is 17.7 Å². The van der Waals surface area contributed by atoms with Crippen LogP contribution in [0.1, 0.15) is 43.9 Å². The molecule has 0 unspecified atom stereocenters. The zero-order valence-electron chi connectivity index (χ0n) is 18.3. The third-order valence-electron chi connectivity index (χ3n) is 4.39. The number of amides is 1. The molecule has 0 radical (unpaired) electrons. The van der Waals surface area contributed by atoms with E-state index in [0.29, 0.717) is 5.56 Å². The van der Waals surface area contributed by atoms with Crippen molar-refractivity contribution in [2.24, 2.45) is 0 Å². The molecule has 33 heavy (non-hydrogen) atoms. The SMILES string of the molecule is COC(=O)c1cc(NC(=O)COC(=O)CCC(=O)c2ccc(SC)cc2)cc(C(=O)OC)c1. The standard InChI is InChI=1S/C23H23NO8S/c1-30-22(28)15-10-16(23(29)31-2)12-17(11-15)24-20(26)13-32-21(27)9-8-19(25)14-4-6-18(33-3)7-5-14/h4-7,10-12H,8-9,13H2,1-3H3,(H,24,26). The summed E-state index contributed by atoms with van der Waals surface area (Å²) in [5, 5.41) is 2.44. The predicted molar refractivity (Wildman–Crippen MR) is 120 cm³/mol. The molecule has 0 saturated carbocycles. The number of Topliss-reactive ketones (excluding diaryl/α,β-unsaturated/α-hetero) is 1. The molecular weight excluding hydrogens is 450 g/mol. The third kappa shape index (κ3) is 7.76. The molecule has 10 heteroatoms. The van der Waals surface area contributed by atoms with Gasteiger partial charge in [-0.05, 0) is 36.6 Å². The third-order valence-corrected chi connectivity index (χ3v) is 5.13. The molecule has 2 aromatic carbocycles. The van der Waals surface area contributed by atoms with Crippen molar-refractivity contribution in [1.29, 1.82) is 0 Å². The van der Waals surface area contributed by atoms with Gasteiger partial charge >= 0.3 is 17.9 Å². The summed E-state index contributed by atoms with van der Waals surface area (Å²) in [6, 6.07) is 10.9. The molecule has 9 nitrogen and oxygen atoms in total. The van der Waals surface area contributed by atoms with Gasteiger partial charge < -0.3 is 19.5 Å². The summed E-state index contributed by atoms with van der Waals surface area (Å²) in [6.07, 6.45) is 1.69. The number of rotatable bonds is 10. The lowest BCUT2D eigenvalue weighted by atomic mass is 10.1. The molecule has 0 aromatic heterocycles. The predicted octanol–water partition coefficient (Wildman–Crippen LogP) is 3.13.